The van der Waals surface area contributed by atoms with Gasteiger partial charge in [0.1, 0.15) is 0 Å². The van der Waals surface area contributed by atoms with Gasteiger partial charge in [0.25, 0.3) is 0 Å². The van der Waals surface area contributed by atoms with Gasteiger partial charge in [0, 0.05) is 51.9 Å². The maximum atomic E-state index is 13.9. The van der Waals surface area contributed by atoms with Crippen LogP contribution in [0, 0.1) is 45.3 Å². The highest BCUT2D eigenvalue weighted by Gasteiger charge is 2.74. The van der Waals surface area contributed by atoms with Crippen molar-refractivity contribution in [2.75, 3.05) is 26.2 Å². The Balaban J connectivity index is 7.21. The topological polar surface area (TPSA) is 280 Å². The normalized spacial score (nSPS) is 13.0. The molecular formula is C24H42N8O8S4. The second kappa shape index (κ2) is 19.2. The number of hydrogen-bond donors (Lipinski definition) is 4. The van der Waals surface area contributed by atoms with Crippen molar-refractivity contribution in [1.82, 2.24) is 18.9 Å². The molecule has 0 amide bonds. The van der Waals surface area contributed by atoms with Gasteiger partial charge in [0.05, 0.1) is 24.3 Å². The Morgan fingerprint density at radius 3 is 0.750 bits per heavy atom. The Morgan fingerprint density at radius 2 is 0.591 bits per heavy atom. The molecule has 0 aliphatic rings. The predicted octanol–water partition coefficient (Wildman–Crippen LogP) is 0.872. The van der Waals surface area contributed by atoms with Crippen LogP contribution in [0.25, 0.3) is 0 Å². The van der Waals surface area contributed by atoms with E-state index in [-0.39, 0.29) is 77.0 Å². The molecule has 44 heavy (non-hydrogen) atoms. The van der Waals surface area contributed by atoms with E-state index < -0.39 is 74.4 Å². The lowest BCUT2D eigenvalue weighted by molar-refractivity contribution is 0.476. The summed E-state index contributed by atoms with van der Waals surface area (Å²) in [5, 5.41) is 35.0. The monoisotopic (exact) mass is 698 g/mol. The molecule has 0 fully saturated rings. The van der Waals surface area contributed by atoms with E-state index in [1.54, 1.807) is 0 Å². The van der Waals surface area contributed by atoms with Crippen molar-refractivity contribution < 1.29 is 33.7 Å². The van der Waals surface area contributed by atoms with Crippen molar-refractivity contribution in [3.05, 3.63) is 0 Å². The molecule has 4 N–H and O–H groups in total. The Kier molecular flexibility index (Phi) is 18.1. The van der Waals surface area contributed by atoms with E-state index in [4.69, 9.17) is 21.0 Å². The van der Waals surface area contributed by atoms with Crippen LogP contribution in [0.2, 0.25) is 0 Å². The Bertz CT molecular complexity index is 1300. The average Bonchev–Trinajstić information content (AvgIpc) is 2.95. The van der Waals surface area contributed by atoms with E-state index in [1.165, 1.54) is 0 Å². The van der Waals surface area contributed by atoms with E-state index in [2.05, 4.69) is 0 Å². The fourth-order valence-corrected chi connectivity index (χ4v) is 14.3. The highest BCUT2D eigenvalue weighted by atomic mass is 32.3. The van der Waals surface area contributed by atoms with Crippen LogP contribution in [-0.2, 0) is 40.1 Å². The number of nitrogens with zero attached hydrogens (tertiary/aromatic N) is 4. The van der Waals surface area contributed by atoms with E-state index >= 15 is 0 Å². The molecule has 0 atom stereocenters. The molecule has 250 valence electrons. The molecule has 0 aliphatic carbocycles. The van der Waals surface area contributed by atoms with Crippen LogP contribution < -0.4 is 18.9 Å². The van der Waals surface area contributed by atoms with Crippen LogP contribution in [-0.4, -0.2) is 68.0 Å². The van der Waals surface area contributed by atoms with Crippen LogP contribution >= 0.6 is 0 Å². The van der Waals surface area contributed by atoms with Gasteiger partial charge in [-0.3, -0.25) is 0 Å². The molecule has 0 saturated heterocycles. The third kappa shape index (κ3) is 10.6. The zero-order chi connectivity index (χ0) is 34.0. The van der Waals surface area contributed by atoms with E-state index in [1.807, 2.05) is 43.2 Å². The van der Waals surface area contributed by atoms with Crippen LogP contribution in [0.1, 0.15) is 90.9 Å². The molecule has 0 aromatic carbocycles. The van der Waals surface area contributed by atoms with Crippen LogP contribution in [0.3, 0.4) is 0 Å². The first kappa shape index (κ1) is 41.6. The minimum absolute atomic E-state index is 0.0630. The second-order valence-electron chi connectivity index (χ2n) is 9.94. The lowest BCUT2D eigenvalue weighted by Gasteiger charge is -2.42. The standard InChI is InChI=1S/C24H42N8O8S4/c1-23(41(33,34)29-19-11-3-7-15-25,42(35,36)30-20-12-4-8-16-26)24(2,43(37,38)31-21-13-5-9-17-27)44(39,40)32-22-14-6-10-18-28/h29-32H,3-14,19-22H2,1-2H3. The Morgan fingerprint density at radius 1 is 0.409 bits per heavy atom. The van der Waals surface area contributed by atoms with Crippen molar-refractivity contribution in [1.29, 1.82) is 21.0 Å². The number of rotatable bonds is 25. The van der Waals surface area contributed by atoms with Crippen LogP contribution in [0.4, 0.5) is 0 Å². The van der Waals surface area contributed by atoms with E-state index in [9.17, 15) is 33.7 Å². The Hall–Kier alpha value is -2.40. The number of unbranched alkanes of at least 4 members (excludes halogenated alkanes) is 8. The summed E-state index contributed by atoms with van der Waals surface area (Å²) >= 11 is 0. The maximum absolute atomic E-state index is 13.9. The highest BCUT2D eigenvalue weighted by Crippen LogP contribution is 2.44. The summed E-state index contributed by atoms with van der Waals surface area (Å²) in [4.78, 5) is 0. The summed E-state index contributed by atoms with van der Waals surface area (Å²) in [7, 11) is -21.5. The van der Waals surface area contributed by atoms with Gasteiger partial charge in [-0.25, -0.2) is 52.6 Å². The molecule has 0 saturated carbocycles. The summed E-state index contributed by atoms with van der Waals surface area (Å²) in [6, 6.07) is 7.49. The third-order valence-electron chi connectivity index (χ3n) is 6.91. The summed E-state index contributed by atoms with van der Waals surface area (Å²) in [6.07, 6.45) is 1.41. The molecule has 0 aromatic heterocycles. The van der Waals surface area contributed by atoms with Crippen LogP contribution in [0.15, 0.2) is 0 Å². The molecule has 0 spiro atoms. The molecule has 0 aromatic rings. The fraction of sp³-hybridized carbons (Fsp3) is 0.833. The van der Waals surface area contributed by atoms with Crippen molar-refractivity contribution in [2.24, 2.45) is 0 Å². The minimum atomic E-state index is -5.38. The van der Waals surface area contributed by atoms with Crippen molar-refractivity contribution in [2.45, 2.75) is 99.1 Å². The lowest BCUT2D eigenvalue weighted by atomic mass is 10.2. The summed E-state index contributed by atoms with van der Waals surface area (Å²) in [5.41, 5.74) is 0. The first-order chi connectivity index (χ1) is 20.5. The second-order valence-corrected chi connectivity index (χ2v) is 18.9. The van der Waals surface area contributed by atoms with Gasteiger partial charge in [-0.05, 0) is 65.2 Å². The zero-order valence-corrected chi connectivity index (χ0v) is 28.3. The van der Waals surface area contributed by atoms with E-state index in [0.717, 1.165) is 0 Å². The quantitative estimate of drug-likeness (QED) is 0.0967. The van der Waals surface area contributed by atoms with E-state index in [0.29, 0.717) is 13.8 Å². The fourth-order valence-electron chi connectivity index (χ4n) is 3.96. The largest absolute Gasteiger partial charge is 0.235 e. The van der Waals surface area contributed by atoms with Gasteiger partial charge in [-0.15, -0.1) is 0 Å². The van der Waals surface area contributed by atoms with Crippen molar-refractivity contribution >= 4 is 40.1 Å². The number of hydrogen-bond acceptors (Lipinski definition) is 12. The van der Waals surface area contributed by atoms with Crippen molar-refractivity contribution in [3.63, 3.8) is 0 Å². The van der Waals surface area contributed by atoms with Gasteiger partial charge in [-0.2, -0.15) is 21.0 Å². The molecule has 0 radical (unpaired) electrons. The smallest absolute Gasteiger partial charge is 0.214 e. The van der Waals surface area contributed by atoms with Gasteiger partial charge in [-0.1, -0.05) is 0 Å². The van der Waals surface area contributed by atoms with Gasteiger partial charge in [0.2, 0.25) is 48.3 Å². The molecule has 0 heterocycles. The SMILES string of the molecule is CC(C(C)(S(=O)(=O)NCCCCC#N)S(=O)(=O)NCCCCC#N)(S(=O)(=O)NCCCCC#N)S(=O)(=O)NCCCCC#N. The minimum Gasteiger partial charge on any atom is -0.214 e. The summed E-state index contributed by atoms with van der Waals surface area (Å²) in [5.74, 6) is 0. The van der Waals surface area contributed by atoms with Crippen LogP contribution in [0.5, 0.6) is 0 Å². The average molecular weight is 699 g/mol. The van der Waals surface area contributed by atoms with Gasteiger partial charge >= 0.3 is 0 Å². The molecular weight excluding hydrogens is 657 g/mol. The summed E-state index contributed by atoms with van der Waals surface area (Å²) in [6.45, 7) is -0.668. The van der Waals surface area contributed by atoms with Crippen molar-refractivity contribution in [3.8, 4) is 24.3 Å². The molecule has 0 bridgehead atoms. The maximum Gasteiger partial charge on any atom is 0.235 e. The van der Waals surface area contributed by atoms with Gasteiger partial charge < -0.3 is 0 Å². The third-order valence-corrected chi connectivity index (χ3v) is 18.1. The predicted molar refractivity (Wildman–Crippen MR) is 162 cm³/mol. The molecule has 20 heteroatoms. The lowest BCUT2D eigenvalue weighted by Crippen LogP contribution is -2.74. The summed E-state index contributed by atoms with van der Waals surface area (Å²) < 4.78 is 112. The molecule has 0 unspecified atom stereocenters. The zero-order valence-electron chi connectivity index (χ0n) is 25.0. The molecule has 0 aliphatic heterocycles. The molecule has 16 nitrogen and oxygen atoms in total. The number of nitriles is 4. The Labute approximate surface area is 262 Å². The first-order valence-corrected chi connectivity index (χ1v) is 19.9. The highest BCUT2D eigenvalue weighted by molar-refractivity contribution is 8.15. The molecule has 0 rings (SSSR count). The number of nitrogens with one attached hydrogen (secondary N) is 4. The number of sulfonamides is 4. The van der Waals surface area contributed by atoms with Gasteiger partial charge in [0.15, 0.2) is 0 Å². The first-order valence-electron chi connectivity index (χ1n) is 13.9.